The summed E-state index contributed by atoms with van der Waals surface area (Å²) < 4.78 is 19.3. The van der Waals surface area contributed by atoms with Crippen LogP contribution in [0.3, 0.4) is 0 Å². The lowest BCUT2D eigenvalue weighted by atomic mass is 9.86. The van der Waals surface area contributed by atoms with Gasteiger partial charge >= 0.3 is 0 Å². The molecule has 2 nitrogen and oxygen atoms in total. The van der Waals surface area contributed by atoms with Crippen molar-refractivity contribution in [3.8, 4) is 5.75 Å². The van der Waals surface area contributed by atoms with Gasteiger partial charge in [0.1, 0.15) is 0 Å². The van der Waals surface area contributed by atoms with Crippen molar-refractivity contribution < 1.29 is 9.13 Å². The molecule has 0 aliphatic heterocycles. The average Bonchev–Trinajstić information content (AvgIpc) is 2.29. The van der Waals surface area contributed by atoms with Crippen LogP contribution in [0.5, 0.6) is 5.75 Å². The molecule has 0 amide bonds. The number of halogens is 1. The van der Waals surface area contributed by atoms with E-state index in [9.17, 15) is 4.39 Å². The highest BCUT2D eigenvalue weighted by molar-refractivity contribution is 5.29. The van der Waals surface area contributed by atoms with Gasteiger partial charge in [-0.3, -0.25) is 0 Å². The fraction of sp³-hybridized carbons (Fsp3) is 0.600. The van der Waals surface area contributed by atoms with Crippen molar-refractivity contribution in [2.45, 2.75) is 45.1 Å². The van der Waals surface area contributed by atoms with Gasteiger partial charge < -0.3 is 10.5 Å². The minimum absolute atomic E-state index is 0.103. The first-order valence-electron chi connectivity index (χ1n) is 6.86. The zero-order valence-corrected chi connectivity index (χ0v) is 11.0. The summed E-state index contributed by atoms with van der Waals surface area (Å²) in [4.78, 5) is 0. The SMILES string of the molecule is CCC(N)Cc1ccc(OCC2CCC2)c(F)c1. The van der Waals surface area contributed by atoms with Gasteiger partial charge in [0, 0.05) is 6.04 Å². The van der Waals surface area contributed by atoms with E-state index in [1.807, 2.05) is 13.0 Å². The van der Waals surface area contributed by atoms with Gasteiger partial charge in [0.25, 0.3) is 0 Å². The third-order valence-corrected chi connectivity index (χ3v) is 3.72. The van der Waals surface area contributed by atoms with Crippen LogP contribution in [-0.2, 0) is 6.42 Å². The van der Waals surface area contributed by atoms with Crippen LogP contribution in [0.4, 0.5) is 4.39 Å². The predicted octanol–water partition coefficient (Wildman–Crippen LogP) is 3.28. The molecule has 1 aliphatic rings. The maximum atomic E-state index is 13.8. The molecule has 1 atom stereocenters. The third-order valence-electron chi connectivity index (χ3n) is 3.72. The van der Waals surface area contributed by atoms with Crippen molar-refractivity contribution in [3.05, 3.63) is 29.6 Å². The van der Waals surface area contributed by atoms with E-state index < -0.39 is 0 Å². The second kappa shape index (κ2) is 6.19. The first-order chi connectivity index (χ1) is 8.69. The highest BCUT2D eigenvalue weighted by Crippen LogP contribution is 2.28. The first kappa shape index (κ1) is 13.3. The molecule has 18 heavy (non-hydrogen) atoms. The van der Waals surface area contributed by atoms with Crippen molar-refractivity contribution in [2.75, 3.05) is 6.61 Å². The Labute approximate surface area is 108 Å². The van der Waals surface area contributed by atoms with Crippen LogP contribution in [0.1, 0.15) is 38.2 Å². The molecule has 1 saturated carbocycles. The van der Waals surface area contributed by atoms with E-state index in [1.165, 1.54) is 19.3 Å². The van der Waals surface area contributed by atoms with Crippen molar-refractivity contribution >= 4 is 0 Å². The van der Waals surface area contributed by atoms with E-state index in [1.54, 1.807) is 12.1 Å². The summed E-state index contributed by atoms with van der Waals surface area (Å²) in [5.74, 6) is 0.725. The minimum Gasteiger partial charge on any atom is -0.490 e. The lowest BCUT2D eigenvalue weighted by Crippen LogP contribution is -2.21. The number of hydrogen-bond donors (Lipinski definition) is 1. The molecule has 0 radical (unpaired) electrons. The molecule has 2 N–H and O–H groups in total. The molecule has 100 valence electrons. The number of hydrogen-bond acceptors (Lipinski definition) is 2. The molecule has 1 aromatic rings. The molecular weight excluding hydrogens is 229 g/mol. The molecular formula is C15H22FNO. The molecule has 1 aromatic carbocycles. The summed E-state index contributed by atoms with van der Waals surface area (Å²) in [5.41, 5.74) is 6.81. The number of benzene rings is 1. The van der Waals surface area contributed by atoms with Crippen LogP contribution < -0.4 is 10.5 Å². The van der Waals surface area contributed by atoms with E-state index in [2.05, 4.69) is 0 Å². The highest BCUT2D eigenvalue weighted by atomic mass is 19.1. The fourth-order valence-electron chi connectivity index (χ4n) is 2.10. The molecule has 0 aromatic heterocycles. The molecule has 3 heteroatoms. The number of nitrogens with two attached hydrogens (primary N) is 1. The standard InChI is InChI=1S/C15H22FNO/c1-2-13(17)8-12-6-7-15(14(16)9-12)18-10-11-4-3-5-11/h6-7,9,11,13H,2-5,8,10,17H2,1H3. The van der Waals surface area contributed by atoms with E-state index in [4.69, 9.17) is 10.5 Å². The lowest BCUT2D eigenvalue weighted by molar-refractivity contribution is 0.175. The number of ether oxygens (including phenoxy) is 1. The van der Waals surface area contributed by atoms with Gasteiger partial charge in [-0.2, -0.15) is 0 Å². The van der Waals surface area contributed by atoms with Gasteiger partial charge in [-0.15, -0.1) is 0 Å². The zero-order chi connectivity index (χ0) is 13.0. The van der Waals surface area contributed by atoms with E-state index in [0.717, 1.165) is 18.4 Å². The topological polar surface area (TPSA) is 35.2 Å². The van der Waals surface area contributed by atoms with Gasteiger partial charge in [-0.25, -0.2) is 4.39 Å². The third kappa shape index (κ3) is 3.45. The van der Waals surface area contributed by atoms with Gasteiger partial charge in [-0.05, 0) is 49.3 Å². The van der Waals surface area contributed by atoms with E-state index >= 15 is 0 Å². The molecule has 0 heterocycles. The van der Waals surface area contributed by atoms with Gasteiger partial charge in [0.15, 0.2) is 11.6 Å². The molecule has 1 unspecified atom stereocenters. The Hall–Kier alpha value is -1.09. The predicted molar refractivity (Wildman–Crippen MR) is 71.2 cm³/mol. The van der Waals surface area contributed by atoms with Crippen molar-refractivity contribution in [1.82, 2.24) is 0 Å². The molecule has 0 spiro atoms. The zero-order valence-electron chi connectivity index (χ0n) is 11.0. The Morgan fingerprint density at radius 3 is 2.78 bits per heavy atom. The Morgan fingerprint density at radius 1 is 1.44 bits per heavy atom. The van der Waals surface area contributed by atoms with Gasteiger partial charge in [0.05, 0.1) is 6.61 Å². The average molecular weight is 251 g/mol. The smallest absolute Gasteiger partial charge is 0.165 e. The second-order valence-electron chi connectivity index (χ2n) is 5.25. The molecule has 0 bridgehead atoms. The maximum Gasteiger partial charge on any atom is 0.165 e. The monoisotopic (exact) mass is 251 g/mol. The van der Waals surface area contributed by atoms with Crippen LogP contribution in [-0.4, -0.2) is 12.6 Å². The molecule has 1 fully saturated rings. The van der Waals surface area contributed by atoms with Crippen LogP contribution in [0.2, 0.25) is 0 Å². The summed E-state index contributed by atoms with van der Waals surface area (Å²) in [6.45, 7) is 2.68. The fourth-order valence-corrected chi connectivity index (χ4v) is 2.10. The highest BCUT2D eigenvalue weighted by Gasteiger charge is 2.18. The van der Waals surface area contributed by atoms with Gasteiger partial charge in [-0.1, -0.05) is 19.4 Å². The minimum atomic E-state index is -0.268. The quantitative estimate of drug-likeness (QED) is 0.842. The molecule has 1 aliphatic carbocycles. The van der Waals surface area contributed by atoms with E-state index in [0.29, 0.717) is 18.3 Å². The Bertz CT molecular complexity index is 390. The Kier molecular flexibility index (Phi) is 4.59. The Morgan fingerprint density at radius 2 is 2.22 bits per heavy atom. The summed E-state index contributed by atoms with van der Waals surface area (Å²) in [7, 11) is 0. The first-order valence-corrected chi connectivity index (χ1v) is 6.86. The largest absolute Gasteiger partial charge is 0.490 e. The van der Waals surface area contributed by atoms with E-state index in [-0.39, 0.29) is 11.9 Å². The summed E-state index contributed by atoms with van der Waals surface area (Å²) in [5, 5.41) is 0. The summed E-state index contributed by atoms with van der Waals surface area (Å²) >= 11 is 0. The van der Waals surface area contributed by atoms with Crippen LogP contribution in [0, 0.1) is 11.7 Å². The van der Waals surface area contributed by atoms with Crippen molar-refractivity contribution in [1.29, 1.82) is 0 Å². The normalized spacial score (nSPS) is 17.3. The number of rotatable bonds is 6. The summed E-state index contributed by atoms with van der Waals surface area (Å²) in [6.07, 6.45) is 5.33. The second-order valence-corrected chi connectivity index (χ2v) is 5.25. The Balaban J connectivity index is 1.91. The van der Waals surface area contributed by atoms with Crippen LogP contribution in [0.25, 0.3) is 0 Å². The van der Waals surface area contributed by atoms with Gasteiger partial charge in [0.2, 0.25) is 0 Å². The molecule has 0 saturated heterocycles. The van der Waals surface area contributed by atoms with Crippen molar-refractivity contribution in [3.63, 3.8) is 0 Å². The van der Waals surface area contributed by atoms with Crippen LogP contribution >= 0.6 is 0 Å². The molecule has 2 rings (SSSR count). The van der Waals surface area contributed by atoms with Crippen LogP contribution in [0.15, 0.2) is 18.2 Å². The van der Waals surface area contributed by atoms with Crippen molar-refractivity contribution in [2.24, 2.45) is 11.7 Å². The summed E-state index contributed by atoms with van der Waals surface area (Å²) in [6, 6.07) is 5.29. The maximum absolute atomic E-state index is 13.8. The lowest BCUT2D eigenvalue weighted by Gasteiger charge is -2.25.